The molecule has 0 radical (unpaired) electrons. The molecular weight excluding hydrogens is 224 g/mol. The number of rotatable bonds is 3. The molecule has 1 rings (SSSR count). The van der Waals surface area contributed by atoms with Crippen molar-refractivity contribution in [3.63, 3.8) is 0 Å². The highest BCUT2D eigenvalue weighted by Gasteiger charge is 2.21. The molecular formula is C9H12N6O2. The van der Waals surface area contributed by atoms with Crippen molar-refractivity contribution >= 4 is 28.7 Å². The minimum Gasteiger partial charge on any atom is -0.478 e. The number of nitrogens with two attached hydrogens (primary N) is 2. The summed E-state index contributed by atoms with van der Waals surface area (Å²) in [5.41, 5.74) is 11.4. The SMILES string of the molecule is CN=Nc1c(N)cc(N)c(N=NC)c1C(=O)O. The van der Waals surface area contributed by atoms with Gasteiger partial charge in [-0.2, -0.15) is 20.5 Å². The third kappa shape index (κ3) is 2.36. The summed E-state index contributed by atoms with van der Waals surface area (Å²) in [6.07, 6.45) is 0. The van der Waals surface area contributed by atoms with Gasteiger partial charge in [0.25, 0.3) is 0 Å². The second-order valence-corrected chi connectivity index (χ2v) is 3.03. The van der Waals surface area contributed by atoms with Gasteiger partial charge < -0.3 is 16.6 Å². The Labute approximate surface area is 97.1 Å². The number of carbonyl (C=O) groups is 1. The summed E-state index contributed by atoms with van der Waals surface area (Å²) in [6.45, 7) is 0. The molecule has 0 spiro atoms. The van der Waals surface area contributed by atoms with Gasteiger partial charge in [0.1, 0.15) is 16.9 Å². The quantitative estimate of drug-likeness (QED) is 0.545. The van der Waals surface area contributed by atoms with Gasteiger partial charge in [0.2, 0.25) is 0 Å². The van der Waals surface area contributed by atoms with Crippen molar-refractivity contribution in [2.75, 3.05) is 25.6 Å². The van der Waals surface area contributed by atoms with E-state index in [2.05, 4.69) is 20.5 Å². The van der Waals surface area contributed by atoms with Crippen LogP contribution in [0.4, 0.5) is 22.7 Å². The van der Waals surface area contributed by atoms with E-state index in [1.807, 2.05) is 0 Å². The molecule has 0 fully saturated rings. The lowest BCUT2D eigenvalue weighted by Crippen LogP contribution is -2.03. The maximum Gasteiger partial charge on any atom is 0.340 e. The van der Waals surface area contributed by atoms with Crippen molar-refractivity contribution in [3.05, 3.63) is 11.6 Å². The van der Waals surface area contributed by atoms with Crippen LogP contribution < -0.4 is 11.5 Å². The van der Waals surface area contributed by atoms with Gasteiger partial charge >= 0.3 is 5.97 Å². The van der Waals surface area contributed by atoms with E-state index in [1.165, 1.54) is 20.2 Å². The van der Waals surface area contributed by atoms with Crippen LogP contribution in [-0.2, 0) is 0 Å². The van der Waals surface area contributed by atoms with Crippen molar-refractivity contribution < 1.29 is 9.90 Å². The van der Waals surface area contributed by atoms with E-state index in [4.69, 9.17) is 16.6 Å². The van der Waals surface area contributed by atoms with Gasteiger partial charge in [0.05, 0.1) is 11.4 Å². The van der Waals surface area contributed by atoms with E-state index in [1.54, 1.807) is 0 Å². The number of hydrogen-bond donors (Lipinski definition) is 3. The predicted molar refractivity (Wildman–Crippen MR) is 63.1 cm³/mol. The Kier molecular flexibility index (Phi) is 3.70. The fraction of sp³-hybridized carbons (Fsp3) is 0.222. The third-order valence-corrected chi connectivity index (χ3v) is 1.95. The highest BCUT2D eigenvalue weighted by Crippen LogP contribution is 2.39. The van der Waals surface area contributed by atoms with Gasteiger partial charge in [-0.1, -0.05) is 0 Å². The molecule has 0 aromatic heterocycles. The number of hydrogen-bond acceptors (Lipinski definition) is 7. The Morgan fingerprint density at radius 1 is 1.12 bits per heavy atom. The van der Waals surface area contributed by atoms with Crippen LogP contribution in [0.1, 0.15) is 10.4 Å². The van der Waals surface area contributed by atoms with Crippen molar-refractivity contribution in [1.82, 2.24) is 0 Å². The molecule has 1 aromatic carbocycles. The van der Waals surface area contributed by atoms with Gasteiger partial charge in [0, 0.05) is 14.1 Å². The maximum absolute atomic E-state index is 11.2. The van der Waals surface area contributed by atoms with Crippen LogP contribution in [0.5, 0.6) is 0 Å². The topological polar surface area (TPSA) is 139 Å². The first-order valence-corrected chi connectivity index (χ1v) is 4.57. The smallest absolute Gasteiger partial charge is 0.340 e. The molecule has 0 bridgehead atoms. The van der Waals surface area contributed by atoms with E-state index < -0.39 is 5.97 Å². The summed E-state index contributed by atoms with van der Waals surface area (Å²) in [5.74, 6) is -1.24. The largest absolute Gasteiger partial charge is 0.478 e. The number of anilines is 2. The van der Waals surface area contributed by atoms with Crippen LogP contribution in [0.3, 0.4) is 0 Å². The zero-order valence-corrected chi connectivity index (χ0v) is 9.38. The van der Waals surface area contributed by atoms with Gasteiger partial charge in [-0.25, -0.2) is 4.79 Å². The van der Waals surface area contributed by atoms with E-state index in [9.17, 15) is 4.79 Å². The Hall–Kier alpha value is -2.51. The summed E-state index contributed by atoms with van der Waals surface area (Å²) >= 11 is 0. The number of carboxylic acid groups (broad SMARTS) is 1. The molecule has 0 unspecified atom stereocenters. The summed E-state index contributed by atoms with van der Waals surface area (Å²) in [4.78, 5) is 11.2. The number of azo groups is 2. The van der Waals surface area contributed by atoms with Gasteiger partial charge in [-0.05, 0) is 6.07 Å². The lowest BCUT2D eigenvalue weighted by Gasteiger charge is -2.09. The highest BCUT2D eigenvalue weighted by atomic mass is 16.4. The minimum atomic E-state index is -1.24. The number of nitrogens with zero attached hydrogens (tertiary/aromatic N) is 4. The predicted octanol–water partition coefficient (Wildman–Crippen LogP) is 1.98. The molecule has 0 atom stereocenters. The van der Waals surface area contributed by atoms with E-state index in [-0.39, 0.29) is 28.3 Å². The molecule has 0 heterocycles. The zero-order valence-electron chi connectivity index (χ0n) is 9.38. The second kappa shape index (κ2) is 5.01. The van der Waals surface area contributed by atoms with Gasteiger partial charge in [0.15, 0.2) is 0 Å². The normalized spacial score (nSPS) is 11.4. The number of aromatic carboxylic acids is 1. The fourth-order valence-electron chi connectivity index (χ4n) is 1.32. The summed E-state index contributed by atoms with van der Waals surface area (Å²) in [5, 5.41) is 23.5. The molecule has 0 aliphatic heterocycles. The number of carboxylic acids is 1. The Morgan fingerprint density at radius 2 is 1.53 bits per heavy atom. The number of nitrogen functional groups attached to an aromatic ring is 2. The molecule has 17 heavy (non-hydrogen) atoms. The van der Waals surface area contributed by atoms with Gasteiger partial charge in [-0.15, -0.1) is 0 Å². The highest BCUT2D eigenvalue weighted by molar-refractivity contribution is 6.04. The van der Waals surface area contributed by atoms with Crippen LogP contribution in [0, 0.1) is 0 Å². The monoisotopic (exact) mass is 236 g/mol. The molecule has 5 N–H and O–H groups in total. The van der Waals surface area contributed by atoms with Crippen molar-refractivity contribution in [2.24, 2.45) is 20.5 Å². The average molecular weight is 236 g/mol. The first kappa shape index (κ1) is 12.6. The molecule has 90 valence electrons. The zero-order chi connectivity index (χ0) is 13.0. The molecule has 8 heteroatoms. The summed E-state index contributed by atoms with van der Waals surface area (Å²) < 4.78 is 0. The fourth-order valence-corrected chi connectivity index (χ4v) is 1.32. The third-order valence-electron chi connectivity index (χ3n) is 1.95. The van der Waals surface area contributed by atoms with Crippen LogP contribution in [0.15, 0.2) is 26.5 Å². The Balaban J connectivity index is 3.71. The van der Waals surface area contributed by atoms with Crippen molar-refractivity contribution in [2.45, 2.75) is 0 Å². The molecule has 1 aromatic rings. The van der Waals surface area contributed by atoms with Gasteiger partial charge in [-0.3, -0.25) is 0 Å². The van der Waals surface area contributed by atoms with Crippen LogP contribution in [0.2, 0.25) is 0 Å². The first-order chi connectivity index (χ1) is 8.02. The standard InChI is InChI=1S/C9H12N6O2/c1-12-14-7-4(10)3-5(11)8(15-13-2)6(7)9(16)17/h3H,10-11H2,1-2H3,(H,16,17). The molecule has 0 saturated heterocycles. The van der Waals surface area contributed by atoms with Crippen LogP contribution in [-0.4, -0.2) is 25.2 Å². The summed E-state index contributed by atoms with van der Waals surface area (Å²) in [7, 11) is 2.81. The van der Waals surface area contributed by atoms with E-state index in [0.717, 1.165) is 0 Å². The van der Waals surface area contributed by atoms with Crippen LogP contribution in [0.25, 0.3) is 0 Å². The van der Waals surface area contributed by atoms with Crippen LogP contribution >= 0.6 is 0 Å². The molecule has 0 saturated carbocycles. The molecule has 0 amide bonds. The second-order valence-electron chi connectivity index (χ2n) is 3.03. The average Bonchev–Trinajstić information content (AvgIpc) is 2.25. The lowest BCUT2D eigenvalue weighted by molar-refractivity contribution is 0.0698. The van der Waals surface area contributed by atoms with Crippen molar-refractivity contribution in [3.8, 4) is 0 Å². The molecule has 0 aliphatic rings. The lowest BCUT2D eigenvalue weighted by atomic mass is 10.1. The number of benzene rings is 1. The minimum absolute atomic E-state index is 0.0246. The summed E-state index contributed by atoms with van der Waals surface area (Å²) in [6, 6.07) is 1.38. The maximum atomic E-state index is 11.2. The Morgan fingerprint density at radius 3 is 1.82 bits per heavy atom. The molecule has 8 nitrogen and oxygen atoms in total. The first-order valence-electron chi connectivity index (χ1n) is 4.57. The Bertz CT molecular complexity index is 472. The van der Waals surface area contributed by atoms with E-state index in [0.29, 0.717) is 0 Å². The molecule has 0 aliphatic carbocycles. The van der Waals surface area contributed by atoms with E-state index >= 15 is 0 Å². The van der Waals surface area contributed by atoms with Crippen molar-refractivity contribution in [1.29, 1.82) is 0 Å².